The first-order valence-electron chi connectivity index (χ1n) is 6.69. The van der Waals surface area contributed by atoms with Crippen LogP contribution >= 0.6 is 0 Å². The van der Waals surface area contributed by atoms with Crippen LogP contribution < -0.4 is 4.74 Å². The molecule has 0 amide bonds. The Labute approximate surface area is 111 Å². The number of hydrogen-bond acceptors (Lipinski definition) is 4. The number of ether oxygens (including phenoxy) is 1. The van der Waals surface area contributed by atoms with Gasteiger partial charge >= 0.3 is 0 Å². The third-order valence-electron chi connectivity index (χ3n) is 4.11. The maximum Gasteiger partial charge on any atom is 0.157 e. The first-order chi connectivity index (χ1) is 9.12. The Bertz CT molecular complexity index is 538. The van der Waals surface area contributed by atoms with Gasteiger partial charge in [-0.25, -0.2) is 5.06 Å². The zero-order valence-corrected chi connectivity index (χ0v) is 10.9. The second kappa shape index (κ2) is 4.13. The average Bonchev–Trinajstić information content (AvgIpc) is 2.59. The number of nitrogens with zero attached hydrogens (tertiary/aromatic N) is 1. The van der Waals surface area contributed by atoms with E-state index in [1.807, 2.05) is 6.92 Å². The van der Waals surface area contributed by atoms with E-state index in [-0.39, 0.29) is 11.6 Å². The third-order valence-corrected chi connectivity index (χ3v) is 4.11. The van der Waals surface area contributed by atoms with Crippen molar-refractivity contribution in [2.24, 2.45) is 0 Å². The fourth-order valence-corrected chi connectivity index (χ4v) is 3.01. The number of benzene rings is 1. The van der Waals surface area contributed by atoms with Crippen molar-refractivity contribution in [3.05, 3.63) is 23.3 Å². The maximum absolute atomic E-state index is 10.2. The van der Waals surface area contributed by atoms with Gasteiger partial charge in [0.25, 0.3) is 0 Å². The molecule has 1 fully saturated rings. The van der Waals surface area contributed by atoms with Crippen LogP contribution in [0.3, 0.4) is 0 Å². The van der Waals surface area contributed by atoms with Crippen molar-refractivity contribution < 1.29 is 15.1 Å². The molecule has 3 N–H and O–H groups in total. The number of nitrogens with one attached hydrogen (secondary N) is 1. The lowest BCUT2D eigenvalue weighted by Gasteiger charge is -2.43. The van der Waals surface area contributed by atoms with E-state index in [1.54, 1.807) is 6.07 Å². The molecule has 102 valence electrons. The minimum absolute atomic E-state index is 0.0332. The Morgan fingerprint density at radius 3 is 2.74 bits per heavy atom. The average molecular weight is 262 g/mol. The molecule has 19 heavy (non-hydrogen) atoms. The zero-order chi connectivity index (χ0) is 13.6. The Morgan fingerprint density at radius 1 is 1.42 bits per heavy atom. The van der Waals surface area contributed by atoms with E-state index in [0.717, 1.165) is 36.3 Å². The number of amidine groups is 1. The molecule has 1 spiro atoms. The van der Waals surface area contributed by atoms with Crippen molar-refractivity contribution in [3.8, 4) is 11.5 Å². The SMILES string of the molecule is CCCOc1ccc(O)c2c1C1(CCC1)N(O)C2=N. The van der Waals surface area contributed by atoms with E-state index in [4.69, 9.17) is 10.1 Å². The van der Waals surface area contributed by atoms with Gasteiger partial charge in [-0.05, 0) is 37.8 Å². The smallest absolute Gasteiger partial charge is 0.157 e. The Kier molecular flexibility index (Phi) is 2.67. The Hall–Kier alpha value is -1.75. The first kappa shape index (κ1) is 12.3. The molecule has 2 aliphatic rings. The summed E-state index contributed by atoms with van der Waals surface area (Å²) in [5.41, 5.74) is 0.629. The van der Waals surface area contributed by atoms with E-state index >= 15 is 0 Å². The second-order valence-electron chi connectivity index (χ2n) is 5.23. The quantitative estimate of drug-likeness (QED) is 0.782. The van der Waals surface area contributed by atoms with Crippen molar-refractivity contribution >= 4 is 5.84 Å². The van der Waals surface area contributed by atoms with E-state index in [0.29, 0.717) is 17.9 Å². The largest absolute Gasteiger partial charge is 0.507 e. The topological polar surface area (TPSA) is 76.8 Å². The van der Waals surface area contributed by atoms with Crippen LogP contribution in [-0.4, -0.2) is 27.8 Å². The predicted octanol–water partition coefficient (Wildman–Crippen LogP) is 2.59. The fourth-order valence-electron chi connectivity index (χ4n) is 3.01. The zero-order valence-electron chi connectivity index (χ0n) is 10.9. The summed E-state index contributed by atoms with van der Waals surface area (Å²) in [6.07, 6.45) is 3.46. The van der Waals surface area contributed by atoms with Crippen molar-refractivity contribution in [3.63, 3.8) is 0 Å². The van der Waals surface area contributed by atoms with Crippen LogP contribution in [-0.2, 0) is 5.54 Å². The molecule has 0 radical (unpaired) electrons. The molecule has 0 saturated heterocycles. The third kappa shape index (κ3) is 1.48. The van der Waals surface area contributed by atoms with Gasteiger partial charge in [-0.2, -0.15) is 0 Å². The maximum atomic E-state index is 10.2. The molecule has 3 rings (SSSR count). The molecule has 5 heteroatoms. The van der Waals surface area contributed by atoms with Crippen molar-refractivity contribution in [2.45, 2.75) is 38.1 Å². The first-order valence-corrected chi connectivity index (χ1v) is 6.69. The van der Waals surface area contributed by atoms with Crippen LogP contribution in [0.5, 0.6) is 11.5 Å². The van der Waals surface area contributed by atoms with Gasteiger partial charge in [-0.3, -0.25) is 10.6 Å². The monoisotopic (exact) mass is 262 g/mol. The molecule has 0 aromatic heterocycles. The molecular formula is C14H18N2O3. The van der Waals surface area contributed by atoms with Gasteiger partial charge in [-0.1, -0.05) is 6.92 Å². The van der Waals surface area contributed by atoms with Crippen molar-refractivity contribution in [1.29, 1.82) is 5.41 Å². The summed E-state index contributed by atoms with van der Waals surface area (Å²) in [4.78, 5) is 0. The highest BCUT2D eigenvalue weighted by Crippen LogP contribution is 2.56. The fraction of sp³-hybridized carbons (Fsp3) is 0.500. The number of hydroxylamine groups is 2. The normalized spacial score (nSPS) is 19.5. The van der Waals surface area contributed by atoms with Gasteiger partial charge in [0.2, 0.25) is 0 Å². The predicted molar refractivity (Wildman–Crippen MR) is 69.9 cm³/mol. The number of phenolic OH excluding ortho intramolecular Hbond substituents is 1. The molecule has 1 aromatic carbocycles. The van der Waals surface area contributed by atoms with Crippen LogP contribution in [0.4, 0.5) is 0 Å². The molecule has 1 aliphatic heterocycles. The van der Waals surface area contributed by atoms with Crippen LogP contribution in [0.1, 0.15) is 43.7 Å². The summed E-state index contributed by atoms with van der Waals surface area (Å²) in [6.45, 7) is 2.62. The van der Waals surface area contributed by atoms with Crippen molar-refractivity contribution in [2.75, 3.05) is 6.61 Å². The lowest BCUT2D eigenvalue weighted by Crippen LogP contribution is -2.46. The molecule has 0 bridgehead atoms. The summed E-state index contributed by atoms with van der Waals surface area (Å²) in [5, 5.41) is 29.2. The lowest BCUT2D eigenvalue weighted by atomic mass is 9.72. The van der Waals surface area contributed by atoms with Gasteiger partial charge in [0, 0.05) is 5.56 Å². The minimum atomic E-state index is -0.561. The number of aromatic hydroxyl groups is 1. The number of phenols is 1. The van der Waals surface area contributed by atoms with E-state index < -0.39 is 5.54 Å². The molecule has 1 saturated carbocycles. The number of hydrogen-bond donors (Lipinski definition) is 3. The van der Waals surface area contributed by atoms with Gasteiger partial charge in [0.05, 0.1) is 17.7 Å². The van der Waals surface area contributed by atoms with E-state index in [9.17, 15) is 10.3 Å². The molecule has 0 unspecified atom stereocenters. The molecule has 0 atom stereocenters. The molecule has 1 aliphatic carbocycles. The summed E-state index contributed by atoms with van der Waals surface area (Å²) < 4.78 is 5.74. The van der Waals surface area contributed by atoms with Gasteiger partial charge in [-0.15, -0.1) is 0 Å². The second-order valence-corrected chi connectivity index (χ2v) is 5.23. The van der Waals surface area contributed by atoms with Crippen LogP contribution in [0.2, 0.25) is 0 Å². The summed E-state index contributed by atoms with van der Waals surface area (Å²) in [6, 6.07) is 3.26. The standard InChI is InChI=1S/C14H18N2O3/c1-2-8-19-10-5-4-9(17)11-12(10)14(6-3-7-14)16(18)13(11)15/h4-5,15,17-18H,2-3,6-8H2,1H3. The summed E-state index contributed by atoms with van der Waals surface area (Å²) in [7, 11) is 0. The molecule has 1 aromatic rings. The molecular weight excluding hydrogens is 244 g/mol. The number of rotatable bonds is 3. The number of fused-ring (bicyclic) bond motifs is 2. The van der Waals surface area contributed by atoms with Crippen LogP contribution in [0, 0.1) is 5.41 Å². The molecule has 5 nitrogen and oxygen atoms in total. The summed E-state index contributed by atoms with van der Waals surface area (Å²) in [5.74, 6) is 0.677. The van der Waals surface area contributed by atoms with E-state index in [2.05, 4.69) is 0 Å². The lowest BCUT2D eigenvalue weighted by molar-refractivity contribution is -0.138. The Balaban J connectivity index is 2.15. The summed E-state index contributed by atoms with van der Waals surface area (Å²) >= 11 is 0. The van der Waals surface area contributed by atoms with Gasteiger partial charge in [0.15, 0.2) is 5.84 Å². The highest BCUT2D eigenvalue weighted by atomic mass is 16.5. The van der Waals surface area contributed by atoms with Crippen LogP contribution in [0.15, 0.2) is 12.1 Å². The van der Waals surface area contributed by atoms with Gasteiger partial charge in [0.1, 0.15) is 11.5 Å². The van der Waals surface area contributed by atoms with Gasteiger partial charge < -0.3 is 9.84 Å². The van der Waals surface area contributed by atoms with Crippen LogP contribution in [0.25, 0.3) is 0 Å². The highest BCUT2D eigenvalue weighted by Gasteiger charge is 2.54. The van der Waals surface area contributed by atoms with E-state index in [1.165, 1.54) is 6.07 Å². The molecule has 1 heterocycles. The Morgan fingerprint density at radius 2 is 2.16 bits per heavy atom. The van der Waals surface area contributed by atoms with Crippen molar-refractivity contribution in [1.82, 2.24) is 5.06 Å². The minimum Gasteiger partial charge on any atom is -0.507 e. The highest BCUT2D eigenvalue weighted by molar-refractivity contribution is 6.04.